The molecule has 0 unspecified atom stereocenters. The van der Waals surface area contributed by atoms with Gasteiger partial charge in [0.1, 0.15) is 0 Å². The summed E-state index contributed by atoms with van der Waals surface area (Å²) in [5.74, 6) is 0. The lowest BCUT2D eigenvalue weighted by Gasteiger charge is -1.96. The number of halogens is 1. The molecule has 1 aliphatic heterocycles. The zero-order valence-corrected chi connectivity index (χ0v) is 10.6. The van der Waals surface area contributed by atoms with Gasteiger partial charge in [0.15, 0.2) is 7.14 Å². The number of hydrogen-bond donors (Lipinski definition) is 0. The van der Waals surface area contributed by atoms with E-state index in [4.69, 9.17) is 0 Å². The standard InChI is InChI=1S/C14H12I/c1-3-7-13-11(5-1)9-10-12-6-2-4-8-14(12)15-13/h1-8H,9-10H2/q+1. The van der Waals surface area contributed by atoms with E-state index in [0.29, 0.717) is 0 Å². The second-order valence-corrected chi connectivity index (χ2v) is 6.64. The lowest BCUT2D eigenvalue weighted by molar-refractivity contribution is -0.598. The van der Waals surface area contributed by atoms with Crippen LogP contribution in [0.15, 0.2) is 48.5 Å². The fourth-order valence-electron chi connectivity index (χ4n) is 1.97. The summed E-state index contributed by atoms with van der Waals surface area (Å²) in [6.07, 6.45) is 2.43. The predicted molar refractivity (Wildman–Crippen MR) is 57.7 cm³/mol. The number of rotatable bonds is 0. The highest BCUT2D eigenvalue weighted by Gasteiger charge is 2.25. The molecule has 0 N–H and O–H groups in total. The molecule has 0 nitrogen and oxygen atoms in total. The normalized spacial score (nSPS) is 13.9. The minimum atomic E-state index is 0.0478. The second kappa shape index (κ2) is 3.97. The molecule has 1 aliphatic rings. The number of benzene rings is 2. The summed E-state index contributed by atoms with van der Waals surface area (Å²) >= 11 is 0.0478. The van der Waals surface area contributed by atoms with Crippen molar-refractivity contribution in [2.75, 3.05) is 0 Å². The predicted octanol–water partition coefficient (Wildman–Crippen LogP) is -0.0864. The van der Waals surface area contributed by atoms with Crippen LogP contribution in [0.25, 0.3) is 0 Å². The van der Waals surface area contributed by atoms with Gasteiger partial charge in [-0.2, -0.15) is 0 Å². The van der Waals surface area contributed by atoms with E-state index >= 15 is 0 Å². The minimum Gasteiger partial charge on any atom is -0.0617 e. The van der Waals surface area contributed by atoms with Crippen LogP contribution in [0.5, 0.6) is 0 Å². The van der Waals surface area contributed by atoms with E-state index in [-0.39, 0.29) is 21.2 Å². The van der Waals surface area contributed by atoms with Crippen molar-refractivity contribution >= 4 is 0 Å². The molecule has 0 amide bonds. The smallest absolute Gasteiger partial charge is 0.0617 e. The van der Waals surface area contributed by atoms with Gasteiger partial charge in [-0.1, -0.05) is 36.4 Å². The first kappa shape index (κ1) is 9.40. The Morgan fingerprint density at radius 3 is 1.67 bits per heavy atom. The molecule has 74 valence electrons. The average Bonchev–Trinajstić information content (AvgIpc) is 2.48. The quantitative estimate of drug-likeness (QED) is 0.597. The van der Waals surface area contributed by atoms with Crippen LogP contribution in [0.1, 0.15) is 11.1 Å². The summed E-state index contributed by atoms with van der Waals surface area (Å²) in [4.78, 5) is 0. The lowest BCUT2D eigenvalue weighted by atomic mass is 10.0. The third-order valence-corrected chi connectivity index (χ3v) is 6.05. The van der Waals surface area contributed by atoms with Crippen molar-refractivity contribution in [1.82, 2.24) is 0 Å². The zero-order valence-electron chi connectivity index (χ0n) is 8.41. The minimum absolute atomic E-state index is 0.0478. The van der Waals surface area contributed by atoms with E-state index in [1.54, 1.807) is 18.3 Å². The molecule has 0 fully saturated rings. The molecule has 0 aromatic heterocycles. The van der Waals surface area contributed by atoms with E-state index in [0.717, 1.165) is 0 Å². The molecule has 0 radical (unpaired) electrons. The summed E-state index contributed by atoms with van der Waals surface area (Å²) < 4.78 is 3.22. The SMILES string of the molecule is c1ccc2c(c1)CCc1ccccc1[I+]2. The first-order valence-electron chi connectivity index (χ1n) is 5.24. The molecular formula is C14H12I+. The van der Waals surface area contributed by atoms with E-state index < -0.39 is 0 Å². The highest BCUT2D eigenvalue weighted by molar-refractivity contribution is 5.22. The van der Waals surface area contributed by atoms with Crippen molar-refractivity contribution in [3.8, 4) is 0 Å². The van der Waals surface area contributed by atoms with Gasteiger partial charge in [-0.05, 0) is 25.0 Å². The Morgan fingerprint density at radius 1 is 0.667 bits per heavy atom. The third kappa shape index (κ3) is 1.81. The maximum absolute atomic E-state index is 2.31. The van der Waals surface area contributed by atoms with Gasteiger partial charge >= 0.3 is 21.2 Å². The summed E-state index contributed by atoms with van der Waals surface area (Å²) in [5.41, 5.74) is 3.14. The van der Waals surface area contributed by atoms with Gasteiger partial charge in [0.25, 0.3) is 0 Å². The summed E-state index contributed by atoms with van der Waals surface area (Å²) in [5, 5.41) is 0. The van der Waals surface area contributed by atoms with Crippen LogP contribution in [0.4, 0.5) is 0 Å². The van der Waals surface area contributed by atoms with Crippen molar-refractivity contribution in [3.05, 3.63) is 66.8 Å². The van der Waals surface area contributed by atoms with E-state index in [1.165, 1.54) is 12.8 Å². The second-order valence-electron chi connectivity index (χ2n) is 3.78. The molecule has 1 heteroatoms. The van der Waals surface area contributed by atoms with E-state index in [2.05, 4.69) is 48.5 Å². The molecule has 0 bridgehead atoms. The topological polar surface area (TPSA) is 0 Å². The Hall–Kier alpha value is -0.830. The fourth-order valence-corrected chi connectivity index (χ4v) is 4.96. The van der Waals surface area contributed by atoms with Gasteiger partial charge in [0, 0.05) is 11.1 Å². The molecular weight excluding hydrogens is 295 g/mol. The third-order valence-electron chi connectivity index (χ3n) is 2.78. The number of hydrogen-bond acceptors (Lipinski definition) is 0. The molecule has 0 atom stereocenters. The fraction of sp³-hybridized carbons (Fsp3) is 0.143. The molecule has 1 heterocycles. The average molecular weight is 307 g/mol. The Bertz CT molecular complexity index is 443. The van der Waals surface area contributed by atoms with Crippen molar-refractivity contribution in [2.24, 2.45) is 0 Å². The molecule has 0 saturated carbocycles. The van der Waals surface area contributed by atoms with Crippen LogP contribution in [0, 0.1) is 7.14 Å². The first-order valence-corrected chi connectivity index (χ1v) is 7.40. The van der Waals surface area contributed by atoms with Gasteiger partial charge in [-0.3, -0.25) is 0 Å². The van der Waals surface area contributed by atoms with Gasteiger partial charge in [-0.25, -0.2) is 0 Å². The summed E-state index contributed by atoms with van der Waals surface area (Å²) in [6.45, 7) is 0. The largest absolute Gasteiger partial charge is 0.358 e. The van der Waals surface area contributed by atoms with Crippen molar-refractivity contribution in [3.63, 3.8) is 0 Å². The van der Waals surface area contributed by atoms with Gasteiger partial charge in [0.05, 0.1) is 0 Å². The molecule has 2 aromatic carbocycles. The van der Waals surface area contributed by atoms with Gasteiger partial charge in [0.2, 0.25) is 0 Å². The van der Waals surface area contributed by atoms with Crippen LogP contribution >= 0.6 is 0 Å². The molecule has 0 aliphatic carbocycles. The Balaban J connectivity index is 2.10. The summed E-state index contributed by atoms with van der Waals surface area (Å²) in [7, 11) is 0. The summed E-state index contributed by atoms with van der Waals surface area (Å²) in [6, 6.07) is 17.9. The van der Waals surface area contributed by atoms with Gasteiger partial charge < -0.3 is 0 Å². The number of aryl methyl sites for hydroxylation is 2. The molecule has 0 spiro atoms. The molecule has 2 aromatic rings. The van der Waals surface area contributed by atoms with Crippen molar-refractivity contribution in [1.29, 1.82) is 0 Å². The first-order chi connectivity index (χ1) is 7.43. The van der Waals surface area contributed by atoms with E-state index in [9.17, 15) is 0 Å². The molecule has 15 heavy (non-hydrogen) atoms. The zero-order chi connectivity index (χ0) is 10.1. The van der Waals surface area contributed by atoms with Crippen LogP contribution in [-0.2, 0) is 12.8 Å². The van der Waals surface area contributed by atoms with Crippen LogP contribution in [0.3, 0.4) is 0 Å². The maximum Gasteiger partial charge on any atom is 0.358 e. The monoisotopic (exact) mass is 307 g/mol. The van der Waals surface area contributed by atoms with Crippen LogP contribution in [-0.4, -0.2) is 0 Å². The lowest BCUT2D eigenvalue weighted by Crippen LogP contribution is -3.61. The van der Waals surface area contributed by atoms with Gasteiger partial charge in [-0.15, -0.1) is 0 Å². The maximum atomic E-state index is 2.31. The Morgan fingerprint density at radius 2 is 1.13 bits per heavy atom. The van der Waals surface area contributed by atoms with Crippen molar-refractivity contribution < 1.29 is 21.2 Å². The Kier molecular flexibility index (Phi) is 2.49. The molecule has 0 saturated heterocycles. The van der Waals surface area contributed by atoms with Crippen LogP contribution < -0.4 is 21.2 Å². The van der Waals surface area contributed by atoms with Crippen molar-refractivity contribution in [2.45, 2.75) is 12.8 Å². The number of fused-ring (bicyclic) bond motifs is 2. The van der Waals surface area contributed by atoms with Crippen LogP contribution in [0.2, 0.25) is 0 Å². The highest BCUT2D eigenvalue weighted by Crippen LogP contribution is 2.09. The van der Waals surface area contributed by atoms with E-state index in [1.807, 2.05) is 0 Å². The Labute approximate surface area is 101 Å². The highest BCUT2D eigenvalue weighted by atomic mass is 127. The molecule has 3 rings (SSSR count).